The van der Waals surface area contributed by atoms with Crippen molar-refractivity contribution >= 4 is 23.5 Å². The first-order valence-corrected chi connectivity index (χ1v) is 7.90. The first-order chi connectivity index (χ1) is 7.70. The summed E-state index contributed by atoms with van der Waals surface area (Å²) >= 11 is 3.74. The van der Waals surface area contributed by atoms with Gasteiger partial charge in [0.2, 0.25) is 0 Å². The van der Waals surface area contributed by atoms with Gasteiger partial charge in [0.25, 0.3) is 0 Å². The van der Waals surface area contributed by atoms with E-state index >= 15 is 0 Å². The van der Waals surface area contributed by atoms with E-state index in [9.17, 15) is 0 Å². The van der Waals surface area contributed by atoms with Gasteiger partial charge in [-0.25, -0.2) is 0 Å². The number of rotatable bonds is 11. The van der Waals surface area contributed by atoms with E-state index in [1.165, 1.54) is 0 Å². The van der Waals surface area contributed by atoms with Crippen LogP contribution in [0.25, 0.3) is 0 Å². The quantitative estimate of drug-likeness (QED) is 0.390. The van der Waals surface area contributed by atoms with Gasteiger partial charge in [0.1, 0.15) is 0 Å². The summed E-state index contributed by atoms with van der Waals surface area (Å²) < 4.78 is 0. The molecular weight excluding hydrogens is 244 g/mol. The minimum Gasteiger partial charge on any atom is -0.395 e. The second-order valence-corrected chi connectivity index (χ2v) is 6.14. The molecule has 0 fully saturated rings. The van der Waals surface area contributed by atoms with E-state index in [4.69, 9.17) is 21.7 Å². The van der Waals surface area contributed by atoms with Gasteiger partial charge in [-0.2, -0.15) is 23.5 Å². The van der Waals surface area contributed by atoms with E-state index in [1.807, 2.05) is 23.5 Å². The Kier molecular flexibility index (Phi) is 12.4. The first-order valence-electron chi connectivity index (χ1n) is 5.59. The smallest absolute Gasteiger partial charge is 0.0582 e. The lowest BCUT2D eigenvalue weighted by Gasteiger charge is -2.08. The summed E-state index contributed by atoms with van der Waals surface area (Å²) in [7, 11) is 0. The number of nitrogens with two attached hydrogens (primary N) is 2. The summed E-state index contributed by atoms with van der Waals surface area (Å²) in [5.74, 6) is 4.24. The van der Waals surface area contributed by atoms with E-state index in [2.05, 4.69) is 0 Å². The number of hydrogen-bond donors (Lipinski definition) is 4. The third-order valence-electron chi connectivity index (χ3n) is 2.11. The largest absolute Gasteiger partial charge is 0.395 e. The van der Waals surface area contributed by atoms with E-state index in [0.717, 1.165) is 35.9 Å². The second-order valence-electron chi connectivity index (χ2n) is 3.69. The van der Waals surface area contributed by atoms with E-state index in [-0.39, 0.29) is 25.3 Å². The van der Waals surface area contributed by atoms with Crippen LogP contribution >= 0.6 is 23.5 Å². The average molecular weight is 268 g/mol. The Bertz CT molecular complexity index is 137. The van der Waals surface area contributed by atoms with Crippen molar-refractivity contribution in [3.05, 3.63) is 0 Å². The topological polar surface area (TPSA) is 92.5 Å². The number of thioether (sulfide) groups is 2. The van der Waals surface area contributed by atoms with Crippen molar-refractivity contribution in [2.75, 3.05) is 36.2 Å². The van der Waals surface area contributed by atoms with Crippen molar-refractivity contribution in [1.29, 1.82) is 0 Å². The number of aliphatic hydroxyl groups is 2. The molecule has 0 aromatic carbocycles. The third kappa shape index (κ3) is 11.0. The van der Waals surface area contributed by atoms with Crippen LogP contribution in [0.2, 0.25) is 0 Å². The Morgan fingerprint density at radius 2 is 1.12 bits per heavy atom. The van der Waals surface area contributed by atoms with Crippen LogP contribution in [0.15, 0.2) is 0 Å². The Morgan fingerprint density at radius 3 is 1.44 bits per heavy atom. The molecule has 0 aliphatic rings. The van der Waals surface area contributed by atoms with Crippen LogP contribution in [0.5, 0.6) is 0 Å². The lowest BCUT2D eigenvalue weighted by atomic mass is 10.3. The summed E-state index contributed by atoms with van der Waals surface area (Å²) in [5.41, 5.74) is 11.2. The maximum atomic E-state index is 8.71. The van der Waals surface area contributed by atoms with Crippen LogP contribution in [-0.4, -0.2) is 58.5 Å². The Balaban J connectivity index is 3.04. The van der Waals surface area contributed by atoms with Crippen molar-refractivity contribution in [1.82, 2.24) is 0 Å². The van der Waals surface area contributed by atoms with Gasteiger partial charge in [0.05, 0.1) is 13.2 Å². The minimum absolute atomic E-state index is 0.0669. The molecule has 0 radical (unpaired) electrons. The van der Waals surface area contributed by atoms with Crippen LogP contribution in [0.3, 0.4) is 0 Å². The van der Waals surface area contributed by atoms with Gasteiger partial charge in [-0.15, -0.1) is 0 Å². The molecule has 0 saturated heterocycles. The molecule has 0 bridgehead atoms. The Morgan fingerprint density at radius 1 is 0.750 bits per heavy atom. The third-order valence-corrected chi connectivity index (χ3v) is 4.40. The Labute approximate surface area is 107 Å². The lowest BCUT2D eigenvalue weighted by molar-refractivity contribution is 0.263. The summed E-state index contributed by atoms with van der Waals surface area (Å²) in [6.07, 6.45) is 1.75. The zero-order chi connectivity index (χ0) is 12.2. The molecule has 2 unspecified atom stereocenters. The van der Waals surface area contributed by atoms with Gasteiger partial charge in [0.15, 0.2) is 0 Å². The highest BCUT2D eigenvalue weighted by Gasteiger charge is 2.01. The molecule has 0 saturated carbocycles. The summed E-state index contributed by atoms with van der Waals surface area (Å²) in [6.45, 7) is 0.155. The molecule has 6 heteroatoms. The normalized spacial score (nSPS) is 15.0. The van der Waals surface area contributed by atoms with Crippen molar-refractivity contribution in [2.24, 2.45) is 11.5 Å². The predicted molar refractivity (Wildman–Crippen MR) is 74.0 cm³/mol. The molecule has 0 amide bonds. The molecule has 0 aliphatic carbocycles. The number of aliphatic hydroxyl groups excluding tert-OH is 2. The Hall–Kier alpha value is 0.540. The second kappa shape index (κ2) is 12.0. The molecule has 0 aromatic heterocycles. The van der Waals surface area contributed by atoms with Crippen LogP contribution in [0.4, 0.5) is 0 Å². The standard InChI is InChI=1S/C10H24N2O2S2/c11-9(7-13)1-3-15-5-6-16-4-2-10(12)8-14/h9-10,13-14H,1-8,11-12H2. The fraction of sp³-hybridized carbons (Fsp3) is 1.00. The first kappa shape index (κ1) is 16.5. The van der Waals surface area contributed by atoms with Crippen LogP contribution < -0.4 is 11.5 Å². The van der Waals surface area contributed by atoms with Crippen LogP contribution in [0.1, 0.15) is 12.8 Å². The molecular formula is C10H24N2O2S2. The van der Waals surface area contributed by atoms with E-state index in [1.54, 1.807) is 0 Å². The lowest BCUT2D eigenvalue weighted by Crippen LogP contribution is -2.25. The van der Waals surface area contributed by atoms with Gasteiger partial charge in [-0.1, -0.05) is 0 Å². The molecule has 0 aromatic rings. The van der Waals surface area contributed by atoms with Crippen molar-refractivity contribution in [3.8, 4) is 0 Å². The van der Waals surface area contributed by atoms with Crippen molar-refractivity contribution in [3.63, 3.8) is 0 Å². The summed E-state index contributed by atoms with van der Waals surface area (Å²) in [6, 6.07) is -0.134. The molecule has 2 atom stereocenters. The van der Waals surface area contributed by atoms with Gasteiger partial charge < -0.3 is 21.7 Å². The summed E-state index contributed by atoms with van der Waals surface area (Å²) in [5, 5.41) is 17.4. The fourth-order valence-electron chi connectivity index (χ4n) is 0.974. The zero-order valence-corrected chi connectivity index (χ0v) is 11.3. The van der Waals surface area contributed by atoms with Gasteiger partial charge >= 0.3 is 0 Å². The molecule has 0 spiro atoms. The molecule has 98 valence electrons. The maximum absolute atomic E-state index is 8.71. The fourth-order valence-corrected chi connectivity index (χ4v) is 3.26. The number of hydrogen-bond acceptors (Lipinski definition) is 6. The zero-order valence-electron chi connectivity index (χ0n) is 9.68. The highest BCUT2D eigenvalue weighted by atomic mass is 32.2. The molecule has 0 heterocycles. The van der Waals surface area contributed by atoms with E-state index in [0.29, 0.717) is 0 Å². The van der Waals surface area contributed by atoms with Crippen LogP contribution in [-0.2, 0) is 0 Å². The van der Waals surface area contributed by atoms with Crippen LogP contribution in [0, 0.1) is 0 Å². The monoisotopic (exact) mass is 268 g/mol. The van der Waals surface area contributed by atoms with Gasteiger partial charge in [-0.3, -0.25) is 0 Å². The van der Waals surface area contributed by atoms with Crippen molar-refractivity contribution in [2.45, 2.75) is 24.9 Å². The molecule has 6 N–H and O–H groups in total. The molecule has 0 aliphatic heterocycles. The van der Waals surface area contributed by atoms with E-state index < -0.39 is 0 Å². The van der Waals surface area contributed by atoms with Gasteiger partial charge in [0, 0.05) is 23.6 Å². The minimum atomic E-state index is -0.0669. The van der Waals surface area contributed by atoms with Crippen molar-refractivity contribution < 1.29 is 10.2 Å². The van der Waals surface area contributed by atoms with Gasteiger partial charge in [-0.05, 0) is 24.3 Å². The molecule has 16 heavy (non-hydrogen) atoms. The predicted octanol–water partition coefficient (Wildman–Crippen LogP) is -0.128. The maximum Gasteiger partial charge on any atom is 0.0582 e. The molecule has 0 rings (SSSR count). The highest BCUT2D eigenvalue weighted by Crippen LogP contribution is 2.10. The summed E-state index contributed by atoms with van der Waals surface area (Å²) in [4.78, 5) is 0. The average Bonchev–Trinajstić information content (AvgIpc) is 2.31. The molecule has 4 nitrogen and oxygen atoms in total. The SMILES string of the molecule is NC(CO)CCSCCSCCC(N)CO. The highest BCUT2D eigenvalue weighted by molar-refractivity contribution is 8.02.